The van der Waals surface area contributed by atoms with Crippen LogP contribution in [-0.2, 0) is 17.6 Å². The highest BCUT2D eigenvalue weighted by atomic mass is 35.5. The Morgan fingerprint density at radius 2 is 2.05 bits per heavy atom. The zero-order chi connectivity index (χ0) is 14.8. The van der Waals surface area contributed by atoms with Crippen molar-refractivity contribution in [2.24, 2.45) is 5.92 Å². The lowest BCUT2D eigenvalue weighted by molar-refractivity contribution is -0.142. The molecule has 0 saturated carbocycles. The highest BCUT2D eigenvalue weighted by Gasteiger charge is 2.30. The van der Waals surface area contributed by atoms with Crippen LogP contribution < -0.4 is 0 Å². The van der Waals surface area contributed by atoms with Crippen molar-refractivity contribution in [2.45, 2.75) is 25.2 Å². The first-order valence-corrected chi connectivity index (χ1v) is 7.56. The van der Waals surface area contributed by atoms with Crippen molar-refractivity contribution in [3.63, 3.8) is 0 Å². The van der Waals surface area contributed by atoms with E-state index in [0.29, 0.717) is 23.8 Å². The highest BCUT2D eigenvalue weighted by Crippen LogP contribution is 2.39. The number of hydrogen-bond acceptors (Lipinski definition) is 1. The Hall–Kier alpha value is -1.80. The summed E-state index contributed by atoms with van der Waals surface area (Å²) in [5.74, 6) is -0.706. The molecule has 2 aromatic carbocycles. The quantitative estimate of drug-likeness (QED) is 0.893. The van der Waals surface area contributed by atoms with Gasteiger partial charge in [-0.15, -0.1) is 0 Å². The van der Waals surface area contributed by atoms with E-state index in [9.17, 15) is 9.90 Å². The first-order chi connectivity index (χ1) is 10.1. The van der Waals surface area contributed by atoms with Crippen LogP contribution in [0.5, 0.6) is 0 Å². The molecule has 0 saturated heterocycles. The molecule has 0 fully saturated rings. The first-order valence-electron chi connectivity index (χ1n) is 7.18. The predicted octanol–water partition coefficient (Wildman–Crippen LogP) is 4.31. The molecule has 1 aliphatic carbocycles. The molecule has 0 heterocycles. The number of hydrogen-bond donors (Lipinski definition) is 1. The molecular weight excluding hydrogens is 284 g/mol. The summed E-state index contributed by atoms with van der Waals surface area (Å²) in [4.78, 5) is 11.5. The molecule has 0 radical (unpaired) electrons. The van der Waals surface area contributed by atoms with Crippen molar-refractivity contribution in [2.75, 3.05) is 0 Å². The lowest BCUT2D eigenvalue weighted by Gasteiger charge is -2.32. The van der Waals surface area contributed by atoms with Gasteiger partial charge in [0.25, 0.3) is 0 Å². The van der Waals surface area contributed by atoms with Gasteiger partial charge in [0.1, 0.15) is 0 Å². The van der Waals surface area contributed by atoms with E-state index in [0.717, 1.165) is 12.0 Å². The third-order valence-electron chi connectivity index (χ3n) is 4.25. The Bertz CT molecular complexity index is 666. The van der Waals surface area contributed by atoms with Crippen LogP contribution in [0, 0.1) is 5.92 Å². The van der Waals surface area contributed by atoms with Crippen LogP contribution in [0.3, 0.4) is 0 Å². The summed E-state index contributed by atoms with van der Waals surface area (Å²) < 4.78 is 0. The molecule has 3 rings (SSSR count). The maximum Gasteiger partial charge on any atom is 0.306 e. The van der Waals surface area contributed by atoms with E-state index in [-0.39, 0.29) is 5.92 Å². The van der Waals surface area contributed by atoms with Crippen molar-refractivity contribution < 1.29 is 9.90 Å². The molecule has 1 N–H and O–H groups in total. The van der Waals surface area contributed by atoms with E-state index in [1.54, 1.807) is 0 Å². The highest BCUT2D eigenvalue weighted by molar-refractivity contribution is 6.30. The molecule has 2 nitrogen and oxygen atoms in total. The molecule has 108 valence electrons. The van der Waals surface area contributed by atoms with E-state index in [4.69, 9.17) is 11.6 Å². The van der Waals surface area contributed by atoms with Crippen LogP contribution in [0.25, 0.3) is 0 Å². The van der Waals surface area contributed by atoms with Crippen molar-refractivity contribution in [1.82, 2.24) is 0 Å². The van der Waals surface area contributed by atoms with Gasteiger partial charge in [-0.1, -0.05) is 48.0 Å². The summed E-state index contributed by atoms with van der Waals surface area (Å²) in [7, 11) is 0. The van der Waals surface area contributed by atoms with E-state index in [1.165, 1.54) is 11.1 Å². The second-order valence-corrected chi connectivity index (χ2v) is 6.14. The van der Waals surface area contributed by atoms with Gasteiger partial charge in [-0.05, 0) is 54.0 Å². The van der Waals surface area contributed by atoms with Crippen molar-refractivity contribution in [3.8, 4) is 0 Å². The predicted molar refractivity (Wildman–Crippen MR) is 83.8 cm³/mol. The number of fused-ring (bicyclic) bond motifs is 1. The van der Waals surface area contributed by atoms with Gasteiger partial charge in [-0.2, -0.15) is 0 Å². The average Bonchev–Trinajstić information content (AvgIpc) is 2.43. The smallest absolute Gasteiger partial charge is 0.306 e. The summed E-state index contributed by atoms with van der Waals surface area (Å²) >= 11 is 5.97. The number of halogens is 1. The topological polar surface area (TPSA) is 37.3 Å². The molecule has 0 aromatic heterocycles. The molecule has 1 aliphatic rings. The molecule has 21 heavy (non-hydrogen) atoms. The fraction of sp³-hybridized carbons (Fsp3) is 0.278. The maximum atomic E-state index is 11.5. The summed E-state index contributed by atoms with van der Waals surface area (Å²) in [5, 5.41) is 10.1. The minimum absolute atomic E-state index is 0.359. The van der Waals surface area contributed by atoms with Gasteiger partial charge < -0.3 is 5.11 Å². The lowest BCUT2D eigenvalue weighted by atomic mass is 9.72. The Labute approximate surface area is 129 Å². The normalized spacial score (nSPS) is 17.7. The molecule has 0 bridgehead atoms. The van der Waals surface area contributed by atoms with Crippen LogP contribution in [-0.4, -0.2) is 11.1 Å². The van der Waals surface area contributed by atoms with Crippen LogP contribution in [0.1, 0.15) is 29.0 Å². The van der Waals surface area contributed by atoms with Crippen molar-refractivity contribution in [3.05, 3.63) is 70.2 Å². The largest absolute Gasteiger partial charge is 0.481 e. The van der Waals surface area contributed by atoms with Gasteiger partial charge >= 0.3 is 5.97 Å². The Morgan fingerprint density at radius 1 is 1.24 bits per heavy atom. The second-order valence-electron chi connectivity index (χ2n) is 5.70. The van der Waals surface area contributed by atoms with Gasteiger partial charge in [0, 0.05) is 5.02 Å². The fourth-order valence-electron chi connectivity index (χ4n) is 3.14. The third kappa shape index (κ3) is 3.11. The first kappa shape index (κ1) is 14.2. The van der Waals surface area contributed by atoms with Gasteiger partial charge in [0.2, 0.25) is 0 Å². The van der Waals surface area contributed by atoms with E-state index < -0.39 is 5.97 Å². The zero-order valence-corrected chi connectivity index (χ0v) is 12.4. The van der Waals surface area contributed by atoms with Crippen LogP contribution in [0.2, 0.25) is 5.02 Å². The molecule has 2 atom stereocenters. The van der Waals surface area contributed by atoms with Gasteiger partial charge in [0.05, 0.1) is 5.92 Å². The zero-order valence-electron chi connectivity index (χ0n) is 11.6. The van der Waals surface area contributed by atoms with E-state index >= 15 is 0 Å². The molecule has 0 spiro atoms. The number of aliphatic carboxylic acids is 1. The molecule has 3 heteroatoms. The molecule has 2 aromatic rings. The monoisotopic (exact) mass is 300 g/mol. The third-order valence-corrected chi connectivity index (χ3v) is 4.49. The number of carbonyl (C=O) groups is 1. The van der Waals surface area contributed by atoms with Gasteiger partial charge in [-0.3, -0.25) is 4.79 Å². The Kier molecular flexibility index (Phi) is 3.98. The minimum Gasteiger partial charge on any atom is -0.481 e. The number of carboxylic acid groups (broad SMARTS) is 1. The number of benzene rings is 2. The minimum atomic E-state index is -0.723. The van der Waals surface area contributed by atoms with E-state index in [1.807, 2.05) is 36.4 Å². The molecule has 2 unspecified atom stereocenters. The fourth-order valence-corrected chi connectivity index (χ4v) is 3.35. The van der Waals surface area contributed by atoms with Crippen molar-refractivity contribution >= 4 is 17.6 Å². The number of rotatable bonds is 5. The van der Waals surface area contributed by atoms with Crippen LogP contribution in [0.4, 0.5) is 0 Å². The lowest BCUT2D eigenvalue weighted by Crippen LogP contribution is -2.25. The molecular formula is C18H17ClO2. The summed E-state index contributed by atoms with van der Waals surface area (Å²) in [6, 6.07) is 15.8. The maximum absolute atomic E-state index is 11.5. The standard InChI is InChI=1S/C18H17ClO2/c19-16-6-3-4-12(9-16)8-15(18(20)21)11-14-10-13-5-1-2-7-17(13)14/h1-7,9,14-15H,8,10-11H2,(H,20,21). The second kappa shape index (κ2) is 5.90. The van der Waals surface area contributed by atoms with Crippen LogP contribution >= 0.6 is 11.6 Å². The average molecular weight is 301 g/mol. The van der Waals surface area contributed by atoms with Crippen LogP contribution in [0.15, 0.2) is 48.5 Å². The van der Waals surface area contributed by atoms with Gasteiger partial charge in [-0.25, -0.2) is 0 Å². The summed E-state index contributed by atoms with van der Waals surface area (Å²) in [6.45, 7) is 0. The summed E-state index contributed by atoms with van der Waals surface area (Å²) in [6.07, 6.45) is 2.23. The summed E-state index contributed by atoms with van der Waals surface area (Å²) in [5.41, 5.74) is 3.66. The molecule has 0 aliphatic heterocycles. The van der Waals surface area contributed by atoms with Gasteiger partial charge in [0.15, 0.2) is 0 Å². The SMILES string of the molecule is O=C(O)C(Cc1cccc(Cl)c1)CC1Cc2ccccc21. The number of carboxylic acids is 1. The Morgan fingerprint density at radius 3 is 2.76 bits per heavy atom. The van der Waals surface area contributed by atoms with E-state index in [2.05, 4.69) is 12.1 Å². The Balaban J connectivity index is 1.71. The van der Waals surface area contributed by atoms with Crippen molar-refractivity contribution in [1.29, 1.82) is 0 Å². The molecule has 0 amide bonds.